The summed E-state index contributed by atoms with van der Waals surface area (Å²) in [5.41, 5.74) is 0. The van der Waals surface area contributed by atoms with Crippen molar-refractivity contribution in [2.75, 3.05) is 38.7 Å². The van der Waals surface area contributed by atoms with Crippen LogP contribution in [0.3, 0.4) is 0 Å². The first-order valence-corrected chi connectivity index (χ1v) is 8.21. The van der Waals surface area contributed by atoms with Crippen LogP contribution < -0.4 is 5.32 Å². The molecule has 1 aliphatic carbocycles. The zero-order valence-electron chi connectivity index (χ0n) is 13.5. The summed E-state index contributed by atoms with van der Waals surface area (Å²) in [6.07, 6.45) is 5.88. The van der Waals surface area contributed by atoms with Gasteiger partial charge in [-0.2, -0.15) is 0 Å². The minimum absolute atomic E-state index is 0.0115. The normalized spacial score (nSPS) is 28.4. The van der Waals surface area contributed by atoms with Gasteiger partial charge in [0.25, 0.3) is 0 Å². The molecule has 7 nitrogen and oxygen atoms in total. The van der Waals surface area contributed by atoms with Crippen LogP contribution in [-0.4, -0.2) is 66.3 Å². The van der Waals surface area contributed by atoms with E-state index in [0.29, 0.717) is 32.3 Å². The van der Waals surface area contributed by atoms with Gasteiger partial charge in [-0.15, -0.1) is 0 Å². The van der Waals surface area contributed by atoms with Crippen molar-refractivity contribution in [3.8, 4) is 0 Å². The van der Waals surface area contributed by atoms with Crippen LogP contribution in [0.15, 0.2) is 18.5 Å². The Morgan fingerprint density at radius 1 is 1.30 bits per heavy atom. The molecule has 0 aromatic carbocycles. The summed E-state index contributed by atoms with van der Waals surface area (Å²) in [5, 5.41) is 3.33. The van der Waals surface area contributed by atoms with Crippen LogP contribution in [0.5, 0.6) is 0 Å². The van der Waals surface area contributed by atoms with Gasteiger partial charge in [0.05, 0.1) is 25.4 Å². The Morgan fingerprint density at radius 3 is 2.74 bits per heavy atom. The van der Waals surface area contributed by atoms with E-state index < -0.39 is 0 Å². The number of hydrogen-bond acceptors (Lipinski definition) is 6. The number of hydrogen-bond donors (Lipinski definition) is 1. The van der Waals surface area contributed by atoms with Gasteiger partial charge in [0.1, 0.15) is 0 Å². The average Bonchev–Trinajstić information content (AvgIpc) is 2.63. The van der Waals surface area contributed by atoms with Crippen molar-refractivity contribution < 1.29 is 14.3 Å². The van der Waals surface area contributed by atoms with Gasteiger partial charge >= 0.3 is 0 Å². The standard InChI is InChI=1S/C16H24N4O3/c1-22-14-11-12(15(21)20-7-9-23-10-8-20)3-4-13(14)19-16-17-5-2-6-18-16/h2,5-6,12-14H,3-4,7-11H2,1H3,(H,17,18,19). The molecule has 2 fully saturated rings. The number of carbonyl (C=O) groups is 1. The highest BCUT2D eigenvalue weighted by Crippen LogP contribution is 2.29. The Labute approximate surface area is 136 Å². The molecule has 3 unspecified atom stereocenters. The maximum Gasteiger partial charge on any atom is 0.225 e. The smallest absolute Gasteiger partial charge is 0.225 e. The molecule has 7 heteroatoms. The zero-order valence-corrected chi connectivity index (χ0v) is 13.5. The molecule has 126 valence electrons. The van der Waals surface area contributed by atoms with Gasteiger partial charge in [-0.25, -0.2) is 9.97 Å². The third kappa shape index (κ3) is 3.97. The molecule has 1 N–H and O–H groups in total. The summed E-state index contributed by atoms with van der Waals surface area (Å²) in [4.78, 5) is 23.0. The van der Waals surface area contributed by atoms with E-state index in [1.165, 1.54) is 0 Å². The molecule has 0 radical (unpaired) electrons. The number of morpholine rings is 1. The van der Waals surface area contributed by atoms with Crippen molar-refractivity contribution >= 4 is 11.9 Å². The fourth-order valence-corrected chi connectivity index (χ4v) is 3.36. The Hall–Kier alpha value is -1.73. The lowest BCUT2D eigenvalue weighted by atomic mass is 9.83. The quantitative estimate of drug-likeness (QED) is 0.889. The second kappa shape index (κ2) is 7.70. The maximum atomic E-state index is 12.6. The molecule has 0 bridgehead atoms. The Kier molecular flexibility index (Phi) is 5.40. The SMILES string of the molecule is COC1CC(C(=O)N2CCOCC2)CCC1Nc1ncccn1. The summed E-state index contributed by atoms with van der Waals surface area (Å²) >= 11 is 0. The molecule has 1 saturated carbocycles. The highest BCUT2D eigenvalue weighted by atomic mass is 16.5. The topological polar surface area (TPSA) is 76.6 Å². The summed E-state index contributed by atoms with van der Waals surface area (Å²) in [6.45, 7) is 2.68. The van der Waals surface area contributed by atoms with E-state index in [4.69, 9.17) is 9.47 Å². The molecule has 1 aliphatic heterocycles. The van der Waals surface area contributed by atoms with Crippen molar-refractivity contribution in [3.63, 3.8) is 0 Å². The first-order chi connectivity index (χ1) is 11.3. The number of amides is 1. The highest BCUT2D eigenvalue weighted by Gasteiger charge is 2.36. The fourth-order valence-electron chi connectivity index (χ4n) is 3.36. The van der Waals surface area contributed by atoms with Crippen molar-refractivity contribution in [1.29, 1.82) is 0 Å². The van der Waals surface area contributed by atoms with Crippen LogP contribution in [0, 0.1) is 5.92 Å². The second-order valence-electron chi connectivity index (χ2n) is 6.05. The first-order valence-electron chi connectivity index (χ1n) is 8.21. The minimum Gasteiger partial charge on any atom is -0.379 e. The Bertz CT molecular complexity index is 507. The number of anilines is 1. The number of carbonyl (C=O) groups excluding carboxylic acids is 1. The van der Waals surface area contributed by atoms with Crippen LogP contribution in [0.1, 0.15) is 19.3 Å². The van der Waals surface area contributed by atoms with Gasteiger partial charge in [-0.05, 0) is 25.3 Å². The fraction of sp³-hybridized carbons (Fsp3) is 0.688. The highest BCUT2D eigenvalue weighted by molar-refractivity contribution is 5.79. The Morgan fingerprint density at radius 2 is 2.04 bits per heavy atom. The predicted octanol–water partition coefficient (Wildman–Crippen LogP) is 0.931. The molecule has 23 heavy (non-hydrogen) atoms. The van der Waals surface area contributed by atoms with E-state index in [9.17, 15) is 4.79 Å². The number of rotatable bonds is 4. The summed E-state index contributed by atoms with van der Waals surface area (Å²) in [5.74, 6) is 0.884. The van der Waals surface area contributed by atoms with E-state index in [1.807, 2.05) is 4.90 Å². The third-order valence-electron chi connectivity index (χ3n) is 4.65. The molecule has 1 aromatic heterocycles. The summed E-state index contributed by atoms with van der Waals surface area (Å²) in [6, 6.07) is 1.92. The number of nitrogens with one attached hydrogen (secondary N) is 1. The van der Waals surface area contributed by atoms with Crippen molar-refractivity contribution in [2.45, 2.75) is 31.4 Å². The molecule has 3 atom stereocenters. The molecule has 1 saturated heterocycles. The lowest BCUT2D eigenvalue weighted by Crippen LogP contribution is -2.48. The minimum atomic E-state index is -0.0115. The zero-order chi connectivity index (χ0) is 16.1. The number of ether oxygens (including phenoxy) is 2. The number of methoxy groups -OCH3 is 1. The number of nitrogens with zero attached hydrogens (tertiary/aromatic N) is 3. The second-order valence-corrected chi connectivity index (χ2v) is 6.05. The molecule has 1 amide bonds. The molecule has 2 heterocycles. The number of aromatic nitrogens is 2. The van der Waals surface area contributed by atoms with E-state index in [0.717, 1.165) is 19.3 Å². The summed E-state index contributed by atoms with van der Waals surface area (Å²) in [7, 11) is 1.70. The first kappa shape index (κ1) is 16.1. The maximum absolute atomic E-state index is 12.6. The molecule has 3 rings (SSSR count). The van der Waals surface area contributed by atoms with Crippen molar-refractivity contribution in [1.82, 2.24) is 14.9 Å². The average molecular weight is 320 g/mol. The van der Waals surface area contributed by atoms with Crippen LogP contribution in [0.2, 0.25) is 0 Å². The van der Waals surface area contributed by atoms with Crippen molar-refractivity contribution in [3.05, 3.63) is 18.5 Å². The van der Waals surface area contributed by atoms with E-state index in [1.54, 1.807) is 25.6 Å². The molecule has 2 aliphatic rings. The van der Waals surface area contributed by atoms with Gasteiger partial charge in [0, 0.05) is 38.5 Å². The van der Waals surface area contributed by atoms with Crippen LogP contribution in [0.4, 0.5) is 5.95 Å². The predicted molar refractivity (Wildman–Crippen MR) is 85.0 cm³/mol. The Balaban J connectivity index is 1.58. The summed E-state index contributed by atoms with van der Waals surface area (Å²) < 4.78 is 11.0. The van der Waals surface area contributed by atoms with E-state index >= 15 is 0 Å². The van der Waals surface area contributed by atoms with Gasteiger partial charge in [0.2, 0.25) is 11.9 Å². The molecular weight excluding hydrogens is 296 g/mol. The third-order valence-corrected chi connectivity index (χ3v) is 4.65. The largest absolute Gasteiger partial charge is 0.379 e. The van der Waals surface area contributed by atoms with Gasteiger partial charge in [-0.1, -0.05) is 0 Å². The molecular formula is C16H24N4O3. The monoisotopic (exact) mass is 320 g/mol. The van der Waals surface area contributed by atoms with E-state index in [-0.39, 0.29) is 24.0 Å². The van der Waals surface area contributed by atoms with Crippen molar-refractivity contribution in [2.24, 2.45) is 5.92 Å². The van der Waals surface area contributed by atoms with Crippen LogP contribution in [-0.2, 0) is 14.3 Å². The lowest BCUT2D eigenvalue weighted by Gasteiger charge is -2.37. The molecule has 0 spiro atoms. The van der Waals surface area contributed by atoms with Gasteiger partial charge < -0.3 is 19.7 Å². The molecule has 1 aromatic rings. The van der Waals surface area contributed by atoms with Gasteiger partial charge in [0.15, 0.2) is 0 Å². The van der Waals surface area contributed by atoms with Crippen LogP contribution in [0.25, 0.3) is 0 Å². The van der Waals surface area contributed by atoms with Gasteiger partial charge in [-0.3, -0.25) is 4.79 Å². The van der Waals surface area contributed by atoms with Crippen LogP contribution >= 0.6 is 0 Å². The lowest BCUT2D eigenvalue weighted by molar-refractivity contribution is -0.142. The van der Waals surface area contributed by atoms with E-state index in [2.05, 4.69) is 15.3 Å².